The Bertz CT molecular complexity index is 699. The number of anilines is 1. The number of hydrogen-bond acceptors (Lipinski definition) is 6. The van der Waals surface area contributed by atoms with Gasteiger partial charge in [0.25, 0.3) is 0 Å². The molecule has 1 saturated heterocycles. The van der Waals surface area contributed by atoms with Crippen molar-refractivity contribution in [1.29, 1.82) is 0 Å². The molecular weight excluding hydrogens is 300 g/mol. The maximum absolute atomic E-state index is 12.6. The topological polar surface area (TPSA) is 66.4 Å². The summed E-state index contributed by atoms with van der Waals surface area (Å²) in [5.74, 6) is 1.55. The Kier molecular flexibility index (Phi) is 3.20. The van der Waals surface area contributed by atoms with Crippen LogP contribution < -0.4 is 4.90 Å². The molecule has 0 bridgehead atoms. The molecule has 0 N–H and O–H groups in total. The van der Waals surface area contributed by atoms with Crippen molar-refractivity contribution in [1.82, 2.24) is 14.9 Å². The number of aromatic nitrogens is 2. The summed E-state index contributed by atoms with van der Waals surface area (Å²) in [6, 6.07) is 0. The van der Waals surface area contributed by atoms with E-state index < -0.39 is 9.84 Å². The lowest BCUT2D eigenvalue weighted by Gasteiger charge is -2.27. The zero-order valence-corrected chi connectivity index (χ0v) is 13.9. The number of fused-ring (bicyclic) bond motifs is 3. The summed E-state index contributed by atoms with van der Waals surface area (Å²) in [5, 5.41) is -0.288. The predicted molar refractivity (Wildman–Crippen MR) is 84.7 cm³/mol. The van der Waals surface area contributed by atoms with Crippen LogP contribution in [0.3, 0.4) is 0 Å². The van der Waals surface area contributed by atoms with Crippen molar-refractivity contribution in [2.24, 2.45) is 5.92 Å². The monoisotopic (exact) mass is 322 g/mol. The van der Waals surface area contributed by atoms with Crippen molar-refractivity contribution in [3.05, 3.63) is 17.5 Å². The Balaban J connectivity index is 1.70. The van der Waals surface area contributed by atoms with Crippen LogP contribution in [0, 0.1) is 5.92 Å². The van der Waals surface area contributed by atoms with Gasteiger partial charge in [-0.05, 0) is 18.8 Å². The van der Waals surface area contributed by atoms with Crippen LogP contribution in [0.2, 0.25) is 0 Å². The zero-order valence-electron chi connectivity index (χ0n) is 13.1. The summed E-state index contributed by atoms with van der Waals surface area (Å²) in [4.78, 5) is 13.2. The molecule has 2 aliphatic heterocycles. The molecule has 3 aliphatic rings. The third kappa shape index (κ3) is 2.40. The van der Waals surface area contributed by atoms with E-state index in [9.17, 15) is 8.42 Å². The fourth-order valence-corrected chi connectivity index (χ4v) is 5.70. The Morgan fingerprint density at radius 3 is 2.77 bits per heavy atom. The summed E-state index contributed by atoms with van der Waals surface area (Å²) >= 11 is 0. The molecule has 0 aromatic carbocycles. The van der Waals surface area contributed by atoms with E-state index in [1.165, 1.54) is 12.8 Å². The van der Waals surface area contributed by atoms with E-state index in [1.54, 1.807) is 6.20 Å². The molecule has 1 aromatic heterocycles. The second kappa shape index (κ2) is 4.89. The highest BCUT2D eigenvalue weighted by Crippen LogP contribution is 2.41. The van der Waals surface area contributed by atoms with Gasteiger partial charge in [0.05, 0.1) is 16.7 Å². The molecule has 2 atom stereocenters. The number of sulfone groups is 1. The van der Waals surface area contributed by atoms with Gasteiger partial charge in [0, 0.05) is 51.4 Å². The zero-order chi connectivity index (χ0) is 15.5. The minimum absolute atomic E-state index is 0.00852. The van der Waals surface area contributed by atoms with E-state index in [0.29, 0.717) is 12.5 Å². The first kappa shape index (κ1) is 14.4. The van der Waals surface area contributed by atoms with Crippen LogP contribution in [-0.2, 0) is 15.6 Å². The molecule has 0 amide bonds. The molecule has 0 unspecified atom stereocenters. The number of hydrogen-bond donors (Lipinski definition) is 0. The van der Waals surface area contributed by atoms with Gasteiger partial charge in [0.2, 0.25) is 5.95 Å². The van der Waals surface area contributed by atoms with Crippen LogP contribution in [0.4, 0.5) is 5.95 Å². The third-order valence-electron chi connectivity index (χ3n) is 5.01. The molecule has 1 saturated carbocycles. The smallest absolute Gasteiger partial charge is 0.225 e. The van der Waals surface area contributed by atoms with Gasteiger partial charge in [-0.15, -0.1) is 0 Å². The van der Waals surface area contributed by atoms with Crippen molar-refractivity contribution >= 4 is 15.8 Å². The Hall–Kier alpha value is -1.21. The van der Waals surface area contributed by atoms with E-state index in [2.05, 4.69) is 14.9 Å². The number of nitrogens with zero attached hydrogens (tertiary/aromatic N) is 4. The van der Waals surface area contributed by atoms with E-state index in [4.69, 9.17) is 0 Å². The molecule has 6 nitrogen and oxygen atoms in total. The molecule has 0 radical (unpaired) electrons. The van der Waals surface area contributed by atoms with Gasteiger partial charge in [-0.3, -0.25) is 0 Å². The Morgan fingerprint density at radius 1 is 1.32 bits per heavy atom. The van der Waals surface area contributed by atoms with Crippen molar-refractivity contribution in [3.8, 4) is 0 Å². The van der Waals surface area contributed by atoms with Crippen LogP contribution >= 0.6 is 0 Å². The average Bonchev–Trinajstić information content (AvgIpc) is 3.14. The third-order valence-corrected chi connectivity index (χ3v) is 7.12. The molecule has 7 heteroatoms. The van der Waals surface area contributed by atoms with Crippen LogP contribution in [0.25, 0.3) is 0 Å². The van der Waals surface area contributed by atoms with Crippen molar-refractivity contribution < 1.29 is 8.42 Å². The Morgan fingerprint density at radius 2 is 2.09 bits per heavy atom. The minimum atomic E-state index is -3.09. The molecule has 3 heterocycles. The second-order valence-electron chi connectivity index (χ2n) is 7.09. The van der Waals surface area contributed by atoms with Gasteiger partial charge in [-0.1, -0.05) is 0 Å². The van der Waals surface area contributed by atoms with Gasteiger partial charge in [0.15, 0.2) is 9.84 Å². The fourth-order valence-electron chi connectivity index (χ4n) is 3.67. The molecular formula is C15H22N4O2S. The van der Waals surface area contributed by atoms with E-state index in [0.717, 1.165) is 30.3 Å². The van der Waals surface area contributed by atoms with Crippen molar-refractivity contribution in [2.75, 3.05) is 38.6 Å². The van der Waals surface area contributed by atoms with Gasteiger partial charge >= 0.3 is 0 Å². The summed E-state index contributed by atoms with van der Waals surface area (Å²) in [7, 11) is 0.729. The molecule has 22 heavy (non-hydrogen) atoms. The molecule has 1 aliphatic carbocycles. The number of rotatable bonds is 3. The lowest BCUT2D eigenvalue weighted by Crippen LogP contribution is -2.35. The normalized spacial score (nSPS) is 29.9. The van der Waals surface area contributed by atoms with E-state index >= 15 is 0 Å². The van der Waals surface area contributed by atoms with E-state index in [1.807, 2.05) is 19.0 Å². The maximum atomic E-state index is 12.6. The van der Waals surface area contributed by atoms with Gasteiger partial charge < -0.3 is 9.80 Å². The second-order valence-corrected chi connectivity index (χ2v) is 9.31. The standard InChI is InChI=1S/C15H22N4O2S/c1-18(2)15-16-5-11-9-22(20,21)13-8-19(6-10-3-4-10)7-12(13)14(11)17-15/h5,10,12-13H,3-4,6-9H2,1-2H3/t12-,13+/m0/s1. The highest BCUT2D eigenvalue weighted by molar-refractivity contribution is 7.91. The summed E-state index contributed by atoms with van der Waals surface area (Å²) < 4.78 is 25.2. The first-order valence-corrected chi connectivity index (χ1v) is 9.62. The molecule has 120 valence electrons. The molecule has 2 fully saturated rings. The first-order chi connectivity index (χ1) is 10.4. The Labute approximate surface area is 131 Å². The fraction of sp³-hybridized carbons (Fsp3) is 0.733. The van der Waals surface area contributed by atoms with Gasteiger partial charge in [-0.25, -0.2) is 18.4 Å². The molecule has 0 spiro atoms. The lowest BCUT2D eigenvalue weighted by molar-refractivity contribution is 0.320. The average molecular weight is 322 g/mol. The van der Waals surface area contributed by atoms with Gasteiger partial charge in [0.1, 0.15) is 0 Å². The van der Waals surface area contributed by atoms with Crippen molar-refractivity contribution in [3.63, 3.8) is 0 Å². The van der Waals surface area contributed by atoms with Crippen LogP contribution in [-0.4, -0.2) is 62.3 Å². The predicted octanol–water partition coefficient (Wildman–Crippen LogP) is 0.649. The van der Waals surface area contributed by atoms with Crippen LogP contribution in [0.1, 0.15) is 30.0 Å². The van der Waals surface area contributed by atoms with Crippen LogP contribution in [0.15, 0.2) is 6.20 Å². The molecule has 1 aromatic rings. The van der Waals surface area contributed by atoms with Crippen LogP contribution in [0.5, 0.6) is 0 Å². The summed E-state index contributed by atoms with van der Waals surface area (Å²) in [5.41, 5.74) is 1.75. The summed E-state index contributed by atoms with van der Waals surface area (Å²) in [6.45, 7) is 2.53. The first-order valence-electron chi connectivity index (χ1n) is 7.91. The number of likely N-dealkylation sites (tertiary alicyclic amines) is 1. The molecule has 4 rings (SSSR count). The SMILES string of the molecule is CN(C)c1ncc2c(n1)[C@H]1CN(CC3CC3)C[C@H]1S(=O)(=O)C2. The quantitative estimate of drug-likeness (QED) is 0.814. The van der Waals surface area contributed by atoms with Gasteiger partial charge in [-0.2, -0.15) is 0 Å². The highest BCUT2D eigenvalue weighted by Gasteiger charge is 2.48. The van der Waals surface area contributed by atoms with E-state index in [-0.39, 0.29) is 16.9 Å². The summed E-state index contributed by atoms with van der Waals surface area (Å²) in [6.07, 6.45) is 4.29. The van der Waals surface area contributed by atoms with Crippen molar-refractivity contribution in [2.45, 2.75) is 29.8 Å². The highest BCUT2D eigenvalue weighted by atomic mass is 32.2. The maximum Gasteiger partial charge on any atom is 0.225 e. The largest absolute Gasteiger partial charge is 0.347 e. The lowest BCUT2D eigenvalue weighted by atomic mass is 10.00. The minimum Gasteiger partial charge on any atom is -0.347 e.